The molecule has 1 aliphatic heterocycles. The summed E-state index contributed by atoms with van der Waals surface area (Å²) in [5.74, 6) is 1.33. The van der Waals surface area contributed by atoms with E-state index in [-0.39, 0.29) is 6.54 Å². The third-order valence-electron chi connectivity index (χ3n) is 3.87. The molecule has 0 aromatic carbocycles. The summed E-state index contributed by atoms with van der Waals surface area (Å²) >= 11 is 1.51. The van der Waals surface area contributed by atoms with E-state index < -0.39 is 5.97 Å². The predicted molar refractivity (Wildman–Crippen MR) is 77.3 cm³/mol. The molecule has 3 rings (SSSR count). The highest BCUT2D eigenvalue weighted by Gasteiger charge is 2.29. The molecule has 1 aromatic rings. The van der Waals surface area contributed by atoms with Gasteiger partial charge in [0.2, 0.25) is 5.13 Å². The summed E-state index contributed by atoms with van der Waals surface area (Å²) in [6.45, 7) is 2.79. The third kappa shape index (κ3) is 3.46. The fraction of sp³-hybridized carbons (Fsp3) is 0.769. The quantitative estimate of drug-likeness (QED) is 0.824. The number of carboxylic acid groups (broad SMARTS) is 1. The first kappa shape index (κ1) is 13.8. The van der Waals surface area contributed by atoms with E-state index in [1.54, 1.807) is 0 Å². The fourth-order valence-corrected chi connectivity index (χ4v) is 3.43. The van der Waals surface area contributed by atoms with Crippen LogP contribution in [-0.4, -0.2) is 46.6 Å². The number of nitrogens with zero attached hydrogens (tertiary/aromatic N) is 3. The third-order valence-corrected chi connectivity index (χ3v) is 4.66. The lowest BCUT2D eigenvalue weighted by atomic mass is 9.98. The molecule has 1 atom stereocenters. The van der Waals surface area contributed by atoms with E-state index in [9.17, 15) is 4.79 Å². The summed E-state index contributed by atoms with van der Waals surface area (Å²) < 4.78 is 4.46. The monoisotopic (exact) mass is 296 g/mol. The first-order valence-electron chi connectivity index (χ1n) is 7.23. The smallest absolute Gasteiger partial charge is 0.317 e. The molecule has 0 bridgehead atoms. The summed E-state index contributed by atoms with van der Waals surface area (Å²) in [6, 6.07) is 0. The molecule has 1 unspecified atom stereocenters. The number of anilines is 1. The Labute approximate surface area is 122 Å². The lowest BCUT2D eigenvalue weighted by Gasteiger charge is -2.32. The average Bonchev–Trinajstić information content (AvgIpc) is 3.16. The highest BCUT2D eigenvalue weighted by molar-refractivity contribution is 7.09. The van der Waals surface area contributed by atoms with Crippen LogP contribution in [0.15, 0.2) is 0 Å². The van der Waals surface area contributed by atoms with Crippen LogP contribution in [0, 0.1) is 5.92 Å². The van der Waals surface area contributed by atoms with Crippen molar-refractivity contribution in [1.82, 2.24) is 14.7 Å². The van der Waals surface area contributed by atoms with Crippen LogP contribution in [-0.2, 0) is 4.79 Å². The predicted octanol–water partition coefficient (Wildman–Crippen LogP) is 1.31. The van der Waals surface area contributed by atoms with Gasteiger partial charge in [-0.2, -0.15) is 4.37 Å². The van der Waals surface area contributed by atoms with Crippen LogP contribution < -0.4 is 10.2 Å². The Hall–Kier alpha value is -1.21. The van der Waals surface area contributed by atoms with Gasteiger partial charge in [-0.15, -0.1) is 0 Å². The number of nitrogens with one attached hydrogen (secondary N) is 1. The average molecular weight is 296 g/mol. The van der Waals surface area contributed by atoms with Gasteiger partial charge in [0.1, 0.15) is 5.82 Å². The maximum absolute atomic E-state index is 10.5. The molecule has 0 spiro atoms. The molecule has 1 saturated heterocycles. The number of carbonyl (C=O) groups is 1. The van der Waals surface area contributed by atoms with Crippen LogP contribution >= 0.6 is 11.5 Å². The van der Waals surface area contributed by atoms with Gasteiger partial charge in [-0.25, -0.2) is 4.98 Å². The van der Waals surface area contributed by atoms with Gasteiger partial charge in [-0.05, 0) is 31.6 Å². The summed E-state index contributed by atoms with van der Waals surface area (Å²) in [7, 11) is 0. The Morgan fingerprint density at radius 2 is 2.30 bits per heavy atom. The van der Waals surface area contributed by atoms with E-state index in [4.69, 9.17) is 5.11 Å². The van der Waals surface area contributed by atoms with Gasteiger partial charge in [0.05, 0.1) is 6.54 Å². The number of hydrogen-bond acceptors (Lipinski definition) is 6. The van der Waals surface area contributed by atoms with Gasteiger partial charge in [-0.1, -0.05) is 0 Å². The molecule has 2 heterocycles. The lowest BCUT2D eigenvalue weighted by Crippen LogP contribution is -2.40. The normalized spacial score (nSPS) is 23.0. The SMILES string of the molecule is O=C(O)CNCC1CCCN(c2nc(C3CC3)ns2)C1. The van der Waals surface area contributed by atoms with Crippen molar-refractivity contribution in [3.63, 3.8) is 0 Å². The molecular formula is C13H20N4O2S. The van der Waals surface area contributed by atoms with Crippen molar-refractivity contribution in [2.45, 2.75) is 31.6 Å². The van der Waals surface area contributed by atoms with Crippen LogP contribution in [0.1, 0.15) is 37.4 Å². The molecule has 2 fully saturated rings. The van der Waals surface area contributed by atoms with E-state index in [0.29, 0.717) is 11.8 Å². The van der Waals surface area contributed by atoms with Gasteiger partial charge < -0.3 is 15.3 Å². The van der Waals surface area contributed by atoms with Crippen LogP contribution in [0.2, 0.25) is 0 Å². The van der Waals surface area contributed by atoms with Crippen molar-refractivity contribution in [3.05, 3.63) is 5.82 Å². The number of aliphatic carboxylic acids is 1. The molecule has 110 valence electrons. The summed E-state index contributed by atoms with van der Waals surface area (Å²) in [6.07, 6.45) is 4.75. The molecule has 1 saturated carbocycles. The van der Waals surface area contributed by atoms with E-state index in [1.807, 2.05) is 0 Å². The Kier molecular flexibility index (Phi) is 4.16. The van der Waals surface area contributed by atoms with E-state index in [2.05, 4.69) is 19.6 Å². The minimum atomic E-state index is -0.795. The number of aromatic nitrogens is 2. The summed E-state index contributed by atoms with van der Waals surface area (Å²) in [5.41, 5.74) is 0. The molecule has 2 aliphatic rings. The number of carboxylic acids is 1. The zero-order valence-corrected chi connectivity index (χ0v) is 12.2. The van der Waals surface area contributed by atoms with Crippen molar-refractivity contribution in [1.29, 1.82) is 0 Å². The zero-order valence-electron chi connectivity index (χ0n) is 11.4. The topological polar surface area (TPSA) is 78.4 Å². The van der Waals surface area contributed by atoms with Crippen LogP contribution in [0.4, 0.5) is 5.13 Å². The standard InChI is InChI=1S/C13H20N4O2S/c18-11(19)7-14-6-9-2-1-5-17(8-9)13-15-12(16-20-13)10-3-4-10/h9-10,14H,1-8H2,(H,18,19). The lowest BCUT2D eigenvalue weighted by molar-refractivity contribution is -0.136. The molecule has 7 heteroatoms. The maximum atomic E-state index is 10.5. The van der Waals surface area contributed by atoms with Crippen LogP contribution in [0.25, 0.3) is 0 Å². The fourth-order valence-electron chi connectivity index (χ4n) is 2.65. The summed E-state index contributed by atoms with van der Waals surface area (Å²) in [5, 5.41) is 12.7. The maximum Gasteiger partial charge on any atom is 0.317 e. The molecule has 1 aromatic heterocycles. The van der Waals surface area contributed by atoms with Crippen molar-refractivity contribution in [2.75, 3.05) is 31.1 Å². The Morgan fingerprint density at radius 3 is 3.05 bits per heavy atom. The molecule has 0 amide bonds. The van der Waals surface area contributed by atoms with Gasteiger partial charge in [0.15, 0.2) is 0 Å². The summed E-state index contributed by atoms with van der Waals surface area (Å²) in [4.78, 5) is 17.5. The highest BCUT2D eigenvalue weighted by Crippen LogP contribution is 2.40. The van der Waals surface area contributed by atoms with Gasteiger partial charge in [-0.3, -0.25) is 4.79 Å². The molecule has 1 aliphatic carbocycles. The van der Waals surface area contributed by atoms with Gasteiger partial charge >= 0.3 is 5.97 Å². The van der Waals surface area contributed by atoms with Crippen LogP contribution in [0.5, 0.6) is 0 Å². The second-order valence-corrected chi connectivity index (χ2v) is 6.42. The number of piperidine rings is 1. The highest BCUT2D eigenvalue weighted by atomic mass is 32.1. The van der Waals surface area contributed by atoms with E-state index in [0.717, 1.165) is 43.4 Å². The minimum Gasteiger partial charge on any atom is -0.480 e. The number of rotatable bonds is 6. The minimum absolute atomic E-state index is 0.0428. The molecule has 2 N–H and O–H groups in total. The second-order valence-electron chi connectivity index (χ2n) is 5.69. The second kappa shape index (κ2) is 6.05. The van der Waals surface area contributed by atoms with Gasteiger partial charge in [0.25, 0.3) is 0 Å². The van der Waals surface area contributed by atoms with E-state index >= 15 is 0 Å². The first-order valence-corrected chi connectivity index (χ1v) is 8.01. The molecule has 6 nitrogen and oxygen atoms in total. The van der Waals surface area contributed by atoms with Crippen molar-refractivity contribution in [3.8, 4) is 0 Å². The largest absolute Gasteiger partial charge is 0.480 e. The molecule has 0 radical (unpaired) electrons. The number of hydrogen-bond donors (Lipinski definition) is 2. The van der Waals surface area contributed by atoms with Crippen molar-refractivity contribution < 1.29 is 9.90 Å². The van der Waals surface area contributed by atoms with E-state index in [1.165, 1.54) is 24.4 Å². The van der Waals surface area contributed by atoms with Gasteiger partial charge in [0, 0.05) is 37.1 Å². The van der Waals surface area contributed by atoms with Crippen molar-refractivity contribution >= 4 is 22.6 Å². The van der Waals surface area contributed by atoms with Crippen LogP contribution in [0.3, 0.4) is 0 Å². The Bertz CT molecular complexity index is 475. The molecule has 20 heavy (non-hydrogen) atoms. The molecular weight excluding hydrogens is 276 g/mol. The zero-order chi connectivity index (χ0) is 13.9. The Balaban J connectivity index is 1.52. The van der Waals surface area contributed by atoms with Crippen molar-refractivity contribution in [2.24, 2.45) is 5.92 Å². The Morgan fingerprint density at radius 1 is 1.45 bits per heavy atom. The first-order chi connectivity index (χ1) is 9.72.